The van der Waals surface area contributed by atoms with Crippen molar-refractivity contribution in [1.82, 2.24) is 10.6 Å². The van der Waals surface area contributed by atoms with Crippen LogP contribution in [0, 0.1) is 0 Å². The van der Waals surface area contributed by atoms with Gasteiger partial charge >= 0.3 is 0 Å². The lowest BCUT2D eigenvalue weighted by molar-refractivity contribution is 0.746. The minimum Gasteiger partial charge on any atom is -0.316 e. The molecule has 0 saturated heterocycles. The van der Waals surface area contributed by atoms with Crippen LogP contribution in [-0.4, -0.2) is 26.7 Å². The number of nitrogens with one attached hydrogen (secondary N) is 2. The fourth-order valence-corrected chi connectivity index (χ4v) is 1.18. The first-order chi connectivity index (χ1) is 7.70. The van der Waals surface area contributed by atoms with Gasteiger partial charge in [0, 0.05) is 13.1 Å². The van der Waals surface area contributed by atoms with Crippen molar-refractivity contribution < 1.29 is 0 Å². The van der Waals surface area contributed by atoms with Crippen LogP contribution in [0.4, 0.5) is 0 Å². The Morgan fingerprint density at radius 1 is 1.12 bits per heavy atom. The van der Waals surface area contributed by atoms with Gasteiger partial charge in [0.2, 0.25) is 0 Å². The lowest BCUT2D eigenvalue weighted by Gasteiger charge is -2.03. The Hall–Kier alpha value is -1.12. The number of hydrogen-bond acceptors (Lipinski definition) is 2. The van der Waals surface area contributed by atoms with Crippen molar-refractivity contribution in [3.05, 3.63) is 48.6 Å². The van der Waals surface area contributed by atoms with Gasteiger partial charge in [0.15, 0.2) is 0 Å². The lowest BCUT2D eigenvalue weighted by Crippen LogP contribution is -2.17. The van der Waals surface area contributed by atoms with E-state index < -0.39 is 0 Å². The standard InChI is InChI=1S/C14H24N2/c1-5-6-7-10-16-12-14(3)9-8-13(2)11-15-4/h5-6,8-9,15-16H,2-3,7,10-12H2,1,4H3. The predicted octanol–water partition coefficient (Wildman–Crippen LogP) is 2.43. The molecular formula is C14H24N2. The van der Waals surface area contributed by atoms with Gasteiger partial charge in [-0.2, -0.15) is 0 Å². The Morgan fingerprint density at radius 3 is 2.31 bits per heavy atom. The smallest absolute Gasteiger partial charge is 0.0199 e. The summed E-state index contributed by atoms with van der Waals surface area (Å²) in [5, 5.41) is 6.38. The van der Waals surface area contributed by atoms with Crippen molar-refractivity contribution in [3.63, 3.8) is 0 Å². The van der Waals surface area contributed by atoms with Gasteiger partial charge in [0.25, 0.3) is 0 Å². The minimum atomic E-state index is 0.818. The van der Waals surface area contributed by atoms with Crippen molar-refractivity contribution in [2.24, 2.45) is 0 Å². The van der Waals surface area contributed by atoms with E-state index in [9.17, 15) is 0 Å². The van der Waals surface area contributed by atoms with Crippen LogP contribution in [-0.2, 0) is 0 Å². The average Bonchev–Trinajstić information content (AvgIpc) is 2.26. The Bertz CT molecular complexity index is 262. The van der Waals surface area contributed by atoms with E-state index in [-0.39, 0.29) is 0 Å². The molecule has 0 amide bonds. The third kappa shape index (κ3) is 9.44. The average molecular weight is 220 g/mol. The van der Waals surface area contributed by atoms with Crippen LogP contribution in [0.3, 0.4) is 0 Å². The molecule has 0 aromatic rings. The SMILES string of the molecule is C=C(C=CC(=C)CNCCC=CC)CNC. The third-order valence-corrected chi connectivity index (χ3v) is 2.03. The molecule has 0 aliphatic rings. The van der Waals surface area contributed by atoms with Gasteiger partial charge in [0.1, 0.15) is 0 Å². The van der Waals surface area contributed by atoms with Crippen molar-refractivity contribution in [2.45, 2.75) is 13.3 Å². The number of allylic oxidation sites excluding steroid dienone is 1. The topological polar surface area (TPSA) is 24.1 Å². The molecule has 0 aliphatic heterocycles. The quantitative estimate of drug-likeness (QED) is 0.354. The molecule has 0 unspecified atom stereocenters. The summed E-state index contributed by atoms with van der Waals surface area (Å²) in [6, 6.07) is 0. The molecule has 90 valence electrons. The molecule has 0 spiro atoms. The molecule has 16 heavy (non-hydrogen) atoms. The fourth-order valence-electron chi connectivity index (χ4n) is 1.18. The van der Waals surface area contributed by atoms with Crippen LogP contribution in [0.2, 0.25) is 0 Å². The minimum absolute atomic E-state index is 0.818. The molecule has 0 atom stereocenters. The first-order valence-corrected chi connectivity index (χ1v) is 5.70. The van der Waals surface area contributed by atoms with E-state index in [0.29, 0.717) is 0 Å². The summed E-state index contributed by atoms with van der Waals surface area (Å²) in [5.74, 6) is 0. The van der Waals surface area contributed by atoms with E-state index in [1.165, 1.54) is 0 Å². The molecule has 0 bridgehead atoms. The molecule has 0 aromatic carbocycles. The van der Waals surface area contributed by atoms with E-state index in [4.69, 9.17) is 0 Å². The summed E-state index contributed by atoms with van der Waals surface area (Å²) in [6.07, 6.45) is 9.31. The van der Waals surface area contributed by atoms with Crippen molar-refractivity contribution in [3.8, 4) is 0 Å². The van der Waals surface area contributed by atoms with Crippen LogP contribution < -0.4 is 10.6 Å². The largest absolute Gasteiger partial charge is 0.316 e. The maximum atomic E-state index is 3.98. The van der Waals surface area contributed by atoms with Gasteiger partial charge in [0.05, 0.1) is 0 Å². The molecule has 2 N–H and O–H groups in total. The molecule has 2 heteroatoms. The molecule has 0 aliphatic carbocycles. The Balaban J connectivity index is 3.61. The summed E-state index contributed by atoms with van der Waals surface area (Å²) in [5.41, 5.74) is 2.15. The van der Waals surface area contributed by atoms with Crippen LogP contribution in [0.25, 0.3) is 0 Å². The summed E-state index contributed by atoms with van der Waals surface area (Å²) < 4.78 is 0. The number of rotatable bonds is 9. The van der Waals surface area contributed by atoms with E-state index in [1.54, 1.807) is 0 Å². The second-order valence-electron chi connectivity index (χ2n) is 3.71. The van der Waals surface area contributed by atoms with Crippen LogP contribution in [0.15, 0.2) is 48.6 Å². The van der Waals surface area contributed by atoms with Gasteiger partial charge in [-0.25, -0.2) is 0 Å². The summed E-state index contributed by atoms with van der Waals surface area (Å²) in [7, 11) is 1.91. The zero-order valence-corrected chi connectivity index (χ0v) is 10.6. The second-order valence-corrected chi connectivity index (χ2v) is 3.71. The molecule has 0 fully saturated rings. The highest BCUT2D eigenvalue weighted by Crippen LogP contribution is 1.96. The van der Waals surface area contributed by atoms with Crippen LogP contribution in [0.5, 0.6) is 0 Å². The van der Waals surface area contributed by atoms with Crippen molar-refractivity contribution >= 4 is 0 Å². The first-order valence-electron chi connectivity index (χ1n) is 5.70. The second kappa shape index (κ2) is 10.4. The van der Waals surface area contributed by atoms with E-state index >= 15 is 0 Å². The Labute approximate surface area is 99.8 Å². The Kier molecular flexibility index (Phi) is 9.67. The van der Waals surface area contributed by atoms with E-state index in [2.05, 4.69) is 35.9 Å². The fraction of sp³-hybridized carbons (Fsp3) is 0.429. The maximum absolute atomic E-state index is 3.98. The highest BCUT2D eigenvalue weighted by atomic mass is 14.8. The predicted molar refractivity (Wildman–Crippen MR) is 73.6 cm³/mol. The van der Waals surface area contributed by atoms with Gasteiger partial charge in [-0.05, 0) is 38.1 Å². The molecule has 0 radical (unpaired) electrons. The van der Waals surface area contributed by atoms with E-state index in [1.807, 2.05) is 26.1 Å². The summed E-state index contributed by atoms with van der Waals surface area (Å²) in [4.78, 5) is 0. The third-order valence-electron chi connectivity index (χ3n) is 2.03. The van der Waals surface area contributed by atoms with Crippen LogP contribution in [0.1, 0.15) is 13.3 Å². The molecule has 2 nitrogen and oxygen atoms in total. The Morgan fingerprint density at radius 2 is 1.75 bits per heavy atom. The van der Waals surface area contributed by atoms with E-state index in [0.717, 1.165) is 37.2 Å². The molecule has 0 aromatic heterocycles. The highest BCUT2D eigenvalue weighted by Gasteiger charge is 1.89. The summed E-state index contributed by atoms with van der Waals surface area (Å²) in [6.45, 7) is 12.6. The molecule has 0 rings (SSSR count). The van der Waals surface area contributed by atoms with Gasteiger partial charge in [-0.1, -0.05) is 37.5 Å². The molecular weight excluding hydrogens is 196 g/mol. The summed E-state index contributed by atoms with van der Waals surface area (Å²) >= 11 is 0. The molecule has 0 heterocycles. The van der Waals surface area contributed by atoms with Crippen molar-refractivity contribution in [2.75, 3.05) is 26.7 Å². The van der Waals surface area contributed by atoms with Crippen LogP contribution >= 0.6 is 0 Å². The van der Waals surface area contributed by atoms with Gasteiger partial charge < -0.3 is 10.6 Å². The normalized spacial score (nSPS) is 11.4. The highest BCUT2D eigenvalue weighted by molar-refractivity contribution is 5.25. The first kappa shape index (κ1) is 14.9. The maximum Gasteiger partial charge on any atom is 0.0199 e. The molecule has 0 saturated carbocycles. The lowest BCUT2D eigenvalue weighted by atomic mass is 10.2. The van der Waals surface area contributed by atoms with Crippen molar-refractivity contribution in [1.29, 1.82) is 0 Å². The van der Waals surface area contributed by atoms with Gasteiger partial charge in [-0.15, -0.1) is 0 Å². The van der Waals surface area contributed by atoms with Gasteiger partial charge in [-0.3, -0.25) is 0 Å². The zero-order valence-electron chi connectivity index (χ0n) is 10.6. The number of likely N-dealkylation sites (N-methyl/N-ethyl adjacent to an activating group) is 1. The number of hydrogen-bond donors (Lipinski definition) is 2. The zero-order chi connectivity index (χ0) is 12.2. The monoisotopic (exact) mass is 220 g/mol.